The lowest BCUT2D eigenvalue weighted by Gasteiger charge is -1.92. The molecule has 1 fully saturated rings. The van der Waals surface area contributed by atoms with Gasteiger partial charge < -0.3 is 0 Å². The summed E-state index contributed by atoms with van der Waals surface area (Å²) in [7, 11) is 0. The van der Waals surface area contributed by atoms with E-state index in [1.807, 2.05) is 0 Å². The molecule has 1 saturated carbocycles. The van der Waals surface area contributed by atoms with Gasteiger partial charge in [-0.1, -0.05) is 5.21 Å². The molecule has 0 bridgehead atoms. The van der Waals surface area contributed by atoms with Gasteiger partial charge in [-0.3, -0.25) is 4.79 Å². The van der Waals surface area contributed by atoms with Crippen LogP contribution in [0.3, 0.4) is 0 Å². The fourth-order valence-electron chi connectivity index (χ4n) is 1.02. The summed E-state index contributed by atoms with van der Waals surface area (Å²) in [6.45, 7) is 0. The van der Waals surface area contributed by atoms with Crippen molar-refractivity contribution in [2.75, 3.05) is 0 Å². The average Bonchev–Trinajstić information content (AvgIpc) is 2.83. The summed E-state index contributed by atoms with van der Waals surface area (Å²) in [5.41, 5.74) is -0.248. The molecule has 1 heterocycles. The average molecular weight is 187 g/mol. The summed E-state index contributed by atoms with van der Waals surface area (Å²) >= 11 is 0. The molecule has 2 rings (SSSR count). The van der Waals surface area contributed by atoms with Gasteiger partial charge in [0.2, 0.25) is 0 Å². The van der Waals surface area contributed by atoms with Gasteiger partial charge in [0.05, 0.1) is 12.2 Å². The minimum Gasteiger partial charge on any atom is -0.286 e. The van der Waals surface area contributed by atoms with Crippen LogP contribution in [0.5, 0.6) is 0 Å². The number of halogens is 2. The summed E-state index contributed by atoms with van der Waals surface area (Å²) in [6.07, 6.45) is 0.244. The van der Waals surface area contributed by atoms with Gasteiger partial charge in [0.25, 0.3) is 5.78 Å². The summed E-state index contributed by atoms with van der Waals surface area (Å²) in [5.74, 6) is -1.26. The number of Topliss-reactive ketones (excluding diaryl/α,β-unsaturated/α-hetero) is 1. The Labute approximate surface area is 72.5 Å². The molecule has 0 N–H and O–H groups in total. The van der Waals surface area contributed by atoms with Gasteiger partial charge >= 0.3 is 6.43 Å². The molecule has 0 aliphatic heterocycles. The molecule has 1 aromatic rings. The fourth-order valence-corrected chi connectivity index (χ4v) is 1.02. The number of carbonyl (C=O) groups is 1. The molecule has 4 nitrogen and oxygen atoms in total. The van der Waals surface area contributed by atoms with Crippen molar-refractivity contribution in [1.82, 2.24) is 15.0 Å². The van der Waals surface area contributed by atoms with E-state index in [1.54, 1.807) is 0 Å². The van der Waals surface area contributed by atoms with Gasteiger partial charge in [0.1, 0.15) is 0 Å². The first-order valence-electron chi connectivity index (χ1n) is 3.92. The van der Waals surface area contributed by atoms with Gasteiger partial charge in [-0.05, 0) is 12.8 Å². The van der Waals surface area contributed by atoms with Crippen molar-refractivity contribution in [2.24, 2.45) is 0 Å². The Morgan fingerprint density at radius 2 is 2.31 bits per heavy atom. The van der Waals surface area contributed by atoms with Gasteiger partial charge in [0, 0.05) is 0 Å². The monoisotopic (exact) mass is 187 g/mol. The number of hydrogen-bond acceptors (Lipinski definition) is 3. The van der Waals surface area contributed by atoms with E-state index >= 15 is 0 Å². The maximum atomic E-state index is 11.9. The van der Waals surface area contributed by atoms with Crippen molar-refractivity contribution in [3.63, 3.8) is 0 Å². The van der Waals surface area contributed by atoms with Crippen molar-refractivity contribution in [3.05, 3.63) is 11.9 Å². The standard InChI is InChI=1S/C7H7F2N3O/c8-7(9)6(13)5-3-12(11-10-5)4-1-2-4/h3-4,7H,1-2H2. The van der Waals surface area contributed by atoms with Crippen LogP contribution in [0.1, 0.15) is 29.4 Å². The van der Waals surface area contributed by atoms with Crippen LogP contribution in [-0.4, -0.2) is 27.2 Å². The van der Waals surface area contributed by atoms with Crippen molar-refractivity contribution < 1.29 is 13.6 Å². The Balaban J connectivity index is 2.16. The first-order chi connectivity index (χ1) is 6.18. The second-order valence-corrected chi connectivity index (χ2v) is 2.98. The fraction of sp³-hybridized carbons (Fsp3) is 0.571. The first-order valence-corrected chi connectivity index (χ1v) is 3.92. The first kappa shape index (κ1) is 8.28. The lowest BCUT2D eigenvalue weighted by Crippen LogP contribution is -2.10. The van der Waals surface area contributed by atoms with Crippen LogP contribution in [0.25, 0.3) is 0 Å². The van der Waals surface area contributed by atoms with Crippen LogP contribution in [0.15, 0.2) is 6.20 Å². The normalized spacial score (nSPS) is 16.5. The van der Waals surface area contributed by atoms with E-state index in [0.717, 1.165) is 12.8 Å². The highest BCUT2D eigenvalue weighted by atomic mass is 19.3. The topological polar surface area (TPSA) is 47.8 Å². The van der Waals surface area contributed by atoms with Crippen LogP contribution in [-0.2, 0) is 0 Å². The van der Waals surface area contributed by atoms with Crippen LogP contribution < -0.4 is 0 Å². The molecule has 0 saturated heterocycles. The highest BCUT2D eigenvalue weighted by Gasteiger charge is 2.27. The molecular weight excluding hydrogens is 180 g/mol. The summed E-state index contributed by atoms with van der Waals surface area (Å²) in [4.78, 5) is 10.7. The Hall–Kier alpha value is -1.33. The molecule has 1 aromatic heterocycles. The predicted octanol–water partition coefficient (Wildman–Crippen LogP) is 1.06. The zero-order valence-electron chi connectivity index (χ0n) is 6.65. The van der Waals surface area contributed by atoms with E-state index in [1.165, 1.54) is 10.9 Å². The van der Waals surface area contributed by atoms with E-state index < -0.39 is 12.2 Å². The smallest absolute Gasteiger partial charge is 0.286 e. The minimum atomic E-state index is -3.00. The molecule has 1 aliphatic rings. The minimum absolute atomic E-state index is 0.248. The number of carbonyl (C=O) groups excluding carboxylic acids is 1. The molecular formula is C7H7F2N3O. The number of rotatable bonds is 3. The van der Waals surface area contributed by atoms with Crippen LogP contribution in [0.2, 0.25) is 0 Å². The number of alkyl halides is 2. The number of ketones is 1. The van der Waals surface area contributed by atoms with E-state index in [9.17, 15) is 13.6 Å². The third-order valence-corrected chi connectivity index (χ3v) is 1.88. The Kier molecular flexibility index (Phi) is 1.82. The highest BCUT2D eigenvalue weighted by molar-refractivity contribution is 5.96. The number of hydrogen-bond donors (Lipinski definition) is 0. The zero-order chi connectivity index (χ0) is 9.42. The molecule has 70 valence electrons. The maximum Gasteiger partial charge on any atom is 0.302 e. The SMILES string of the molecule is O=C(c1cn(C2CC2)nn1)C(F)F. The summed E-state index contributed by atoms with van der Waals surface area (Å²) in [6, 6.07) is 0.256. The second kappa shape index (κ2) is 2.86. The second-order valence-electron chi connectivity index (χ2n) is 2.98. The molecule has 0 spiro atoms. The zero-order valence-corrected chi connectivity index (χ0v) is 6.65. The largest absolute Gasteiger partial charge is 0.302 e. The van der Waals surface area contributed by atoms with Crippen molar-refractivity contribution in [1.29, 1.82) is 0 Å². The molecule has 13 heavy (non-hydrogen) atoms. The van der Waals surface area contributed by atoms with Gasteiger partial charge in [-0.25, -0.2) is 13.5 Å². The molecule has 0 atom stereocenters. The Morgan fingerprint density at radius 3 is 2.85 bits per heavy atom. The van der Waals surface area contributed by atoms with Gasteiger partial charge in [-0.15, -0.1) is 5.10 Å². The predicted molar refractivity (Wildman–Crippen MR) is 38.6 cm³/mol. The van der Waals surface area contributed by atoms with E-state index in [0.29, 0.717) is 0 Å². The number of nitrogens with zero attached hydrogens (tertiary/aromatic N) is 3. The summed E-state index contributed by atoms with van der Waals surface area (Å²) < 4.78 is 25.3. The molecule has 0 radical (unpaired) electrons. The Bertz CT molecular complexity index is 332. The molecule has 6 heteroatoms. The molecule has 0 aromatic carbocycles. The third-order valence-electron chi connectivity index (χ3n) is 1.88. The van der Waals surface area contributed by atoms with Crippen molar-refractivity contribution in [2.45, 2.75) is 25.3 Å². The van der Waals surface area contributed by atoms with E-state index in [-0.39, 0.29) is 11.7 Å². The lowest BCUT2D eigenvalue weighted by molar-refractivity contribution is 0.0673. The molecule has 0 unspecified atom stereocenters. The van der Waals surface area contributed by atoms with Crippen molar-refractivity contribution in [3.8, 4) is 0 Å². The quantitative estimate of drug-likeness (QED) is 0.665. The molecule has 1 aliphatic carbocycles. The van der Waals surface area contributed by atoms with Crippen LogP contribution >= 0.6 is 0 Å². The molecule has 0 amide bonds. The van der Waals surface area contributed by atoms with Crippen molar-refractivity contribution >= 4 is 5.78 Å². The van der Waals surface area contributed by atoms with Crippen LogP contribution in [0.4, 0.5) is 8.78 Å². The van der Waals surface area contributed by atoms with Crippen LogP contribution in [0, 0.1) is 0 Å². The van der Waals surface area contributed by atoms with Gasteiger partial charge in [-0.2, -0.15) is 0 Å². The lowest BCUT2D eigenvalue weighted by atomic mass is 10.3. The van der Waals surface area contributed by atoms with E-state index in [2.05, 4.69) is 10.3 Å². The summed E-state index contributed by atoms with van der Waals surface area (Å²) in [5, 5.41) is 6.98. The van der Waals surface area contributed by atoms with Gasteiger partial charge in [0.15, 0.2) is 5.69 Å². The third kappa shape index (κ3) is 1.56. The van der Waals surface area contributed by atoms with E-state index in [4.69, 9.17) is 0 Å². The highest BCUT2D eigenvalue weighted by Crippen LogP contribution is 2.33. The maximum absolute atomic E-state index is 11.9. The Morgan fingerprint density at radius 1 is 1.62 bits per heavy atom. The number of aromatic nitrogens is 3.